The van der Waals surface area contributed by atoms with Crippen LogP contribution in [-0.4, -0.2) is 11.7 Å². The Labute approximate surface area is 72.7 Å². The predicted octanol–water partition coefficient (Wildman–Crippen LogP) is 2.45. The van der Waals surface area contributed by atoms with Gasteiger partial charge in [0.1, 0.15) is 0 Å². The highest BCUT2D eigenvalue weighted by molar-refractivity contribution is 5.55. The second kappa shape index (κ2) is 3.81. The van der Waals surface area contributed by atoms with Gasteiger partial charge in [-0.3, -0.25) is 9.98 Å². The molecule has 1 aromatic heterocycles. The van der Waals surface area contributed by atoms with Crippen molar-refractivity contribution in [1.82, 2.24) is 4.98 Å². The van der Waals surface area contributed by atoms with Gasteiger partial charge in [-0.25, -0.2) is 0 Å². The average molecular weight is 160 g/mol. The van der Waals surface area contributed by atoms with Crippen molar-refractivity contribution < 1.29 is 0 Å². The summed E-state index contributed by atoms with van der Waals surface area (Å²) in [6.45, 7) is 7.34. The molecule has 0 fully saturated rings. The Morgan fingerprint density at radius 3 is 3.00 bits per heavy atom. The Morgan fingerprint density at radius 2 is 2.42 bits per heavy atom. The molecule has 12 heavy (non-hydrogen) atoms. The predicted molar refractivity (Wildman–Crippen MR) is 52.2 cm³/mol. The maximum Gasteiger partial charge on any atom is 0.0445 e. The summed E-state index contributed by atoms with van der Waals surface area (Å²) in [5.74, 6) is 0. The smallest absolute Gasteiger partial charge is 0.0445 e. The Kier molecular flexibility index (Phi) is 2.75. The van der Waals surface area contributed by atoms with Gasteiger partial charge in [0.15, 0.2) is 0 Å². The van der Waals surface area contributed by atoms with Crippen LogP contribution in [0.25, 0.3) is 6.08 Å². The topological polar surface area (TPSA) is 25.2 Å². The van der Waals surface area contributed by atoms with E-state index in [2.05, 4.69) is 16.7 Å². The minimum absolute atomic E-state index is 0.908. The van der Waals surface area contributed by atoms with Gasteiger partial charge in [0.05, 0.1) is 0 Å². The van der Waals surface area contributed by atoms with Crippen molar-refractivity contribution in [3.63, 3.8) is 0 Å². The molecule has 0 unspecified atom stereocenters. The van der Waals surface area contributed by atoms with Crippen LogP contribution in [0, 0.1) is 6.92 Å². The van der Waals surface area contributed by atoms with Crippen LogP contribution in [0.5, 0.6) is 0 Å². The van der Waals surface area contributed by atoms with Crippen molar-refractivity contribution in [3.8, 4) is 0 Å². The zero-order valence-electron chi connectivity index (χ0n) is 7.41. The Hall–Kier alpha value is -1.44. The molecule has 0 N–H and O–H groups in total. The fourth-order valence-corrected chi connectivity index (χ4v) is 0.920. The summed E-state index contributed by atoms with van der Waals surface area (Å²) >= 11 is 0. The first-order chi connectivity index (χ1) is 5.74. The molecule has 0 aromatic carbocycles. The van der Waals surface area contributed by atoms with Crippen LogP contribution in [-0.2, 0) is 0 Å². The molecule has 0 aliphatic heterocycles. The Bertz CT molecular complexity index is 313. The lowest BCUT2D eigenvalue weighted by Crippen LogP contribution is -1.84. The van der Waals surface area contributed by atoms with Gasteiger partial charge in [-0.1, -0.05) is 6.07 Å². The van der Waals surface area contributed by atoms with E-state index >= 15 is 0 Å². The fourth-order valence-electron chi connectivity index (χ4n) is 0.920. The van der Waals surface area contributed by atoms with E-state index in [0.29, 0.717) is 0 Å². The van der Waals surface area contributed by atoms with E-state index in [-0.39, 0.29) is 0 Å². The minimum atomic E-state index is 0.908. The van der Waals surface area contributed by atoms with E-state index < -0.39 is 0 Å². The molecular weight excluding hydrogens is 148 g/mol. The second-order valence-electron chi connectivity index (χ2n) is 2.62. The van der Waals surface area contributed by atoms with Gasteiger partial charge < -0.3 is 0 Å². The molecule has 0 saturated heterocycles. The second-order valence-corrected chi connectivity index (χ2v) is 2.62. The lowest BCUT2D eigenvalue weighted by Gasteiger charge is -1.97. The van der Waals surface area contributed by atoms with E-state index in [0.717, 1.165) is 17.0 Å². The molecule has 0 radical (unpaired) electrons. The highest BCUT2D eigenvalue weighted by atomic mass is 14.7. The largest absolute Gasteiger partial charge is 0.269 e. The van der Waals surface area contributed by atoms with Gasteiger partial charge in [0.2, 0.25) is 0 Å². The number of pyridine rings is 1. The first kappa shape index (κ1) is 8.65. The van der Waals surface area contributed by atoms with Crippen LogP contribution in [0.3, 0.4) is 0 Å². The summed E-state index contributed by atoms with van der Waals surface area (Å²) in [6, 6.07) is 3.92. The number of nitrogens with zero attached hydrogens (tertiary/aromatic N) is 2. The number of rotatable bonds is 2. The highest BCUT2D eigenvalue weighted by Crippen LogP contribution is 2.09. The molecule has 0 amide bonds. The number of aliphatic imine (C=N–C) groups is 1. The molecule has 62 valence electrons. The third-order valence-electron chi connectivity index (χ3n) is 1.66. The van der Waals surface area contributed by atoms with Crippen LogP contribution in [0.15, 0.2) is 29.0 Å². The zero-order valence-corrected chi connectivity index (χ0v) is 7.41. The maximum absolute atomic E-state index is 4.16. The first-order valence-electron chi connectivity index (χ1n) is 3.80. The van der Waals surface area contributed by atoms with Crippen LogP contribution in [0.2, 0.25) is 0 Å². The minimum Gasteiger partial charge on any atom is -0.269 e. The number of hydrogen-bond acceptors (Lipinski definition) is 2. The quantitative estimate of drug-likeness (QED) is 0.610. The third kappa shape index (κ3) is 2.02. The van der Waals surface area contributed by atoms with Crippen molar-refractivity contribution in [2.45, 2.75) is 13.8 Å². The molecule has 0 aliphatic carbocycles. The van der Waals surface area contributed by atoms with Gasteiger partial charge in [0, 0.05) is 17.6 Å². The number of aryl methyl sites for hydroxylation is 1. The molecule has 0 bridgehead atoms. The SMILES string of the molecule is C=N/C(C)=C\c1cccnc1C. The van der Waals surface area contributed by atoms with Gasteiger partial charge in [0.25, 0.3) is 0 Å². The van der Waals surface area contributed by atoms with Gasteiger partial charge >= 0.3 is 0 Å². The van der Waals surface area contributed by atoms with Crippen LogP contribution < -0.4 is 0 Å². The molecule has 1 heterocycles. The first-order valence-corrected chi connectivity index (χ1v) is 3.80. The lowest BCUT2D eigenvalue weighted by molar-refractivity contribution is 1.18. The zero-order chi connectivity index (χ0) is 8.97. The van der Waals surface area contributed by atoms with E-state index in [1.165, 1.54) is 0 Å². The van der Waals surface area contributed by atoms with E-state index in [1.54, 1.807) is 6.20 Å². The Morgan fingerprint density at radius 1 is 1.67 bits per heavy atom. The van der Waals surface area contributed by atoms with Gasteiger partial charge in [-0.2, -0.15) is 0 Å². The summed E-state index contributed by atoms with van der Waals surface area (Å²) in [4.78, 5) is 7.97. The normalized spacial score (nSPS) is 11.3. The molecule has 1 aromatic rings. The molecule has 2 heteroatoms. The summed E-state index contributed by atoms with van der Waals surface area (Å²) in [6.07, 6.45) is 3.75. The summed E-state index contributed by atoms with van der Waals surface area (Å²) in [5.41, 5.74) is 3.02. The van der Waals surface area contributed by atoms with E-state index in [9.17, 15) is 0 Å². The highest BCUT2D eigenvalue weighted by Gasteiger charge is 1.93. The van der Waals surface area contributed by atoms with Gasteiger partial charge in [-0.15, -0.1) is 0 Å². The molecule has 2 nitrogen and oxygen atoms in total. The van der Waals surface area contributed by atoms with Crippen molar-refractivity contribution in [1.29, 1.82) is 0 Å². The van der Waals surface area contributed by atoms with Crippen molar-refractivity contribution in [2.24, 2.45) is 4.99 Å². The van der Waals surface area contributed by atoms with Crippen molar-refractivity contribution >= 4 is 12.8 Å². The fraction of sp³-hybridized carbons (Fsp3) is 0.200. The molecule has 0 spiro atoms. The monoisotopic (exact) mass is 160 g/mol. The number of hydrogen-bond donors (Lipinski definition) is 0. The average Bonchev–Trinajstić information content (AvgIpc) is 2.09. The van der Waals surface area contributed by atoms with Crippen molar-refractivity contribution in [2.75, 3.05) is 0 Å². The maximum atomic E-state index is 4.16. The number of aromatic nitrogens is 1. The summed E-state index contributed by atoms with van der Waals surface area (Å²) in [7, 11) is 0. The van der Waals surface area contributed by atoms with Gasteiger partial charge in [-0.05, 0) is 38.3 Å². The van der Waals surface area contributed by atoms with Crippen molar-refractivity contribution in [3.05, 3.63) is 35.3 Å². The summed E-state index contributed by atoms with van der Waals surface area (Å²) < 4.78 is 0. The molecule has 0 atom stereocenters. The molecule has 0 aliphatic rings. The standard InChI is InChI=1S/C10H12N2/c1-8(11-3)7-10-5-4-6-12-9(10)2/h4-7H,3H2,1-2H3/b8-7-. The number of allylic oxidation sites excluding steroid dienone is 1. The molecule has 1 rings (SSSR count). The summed E-state index contributed by atoms with van der Waals surface area (Å²) in [5, 5.41) is 0. The van der Waals surface area contributed by atoms with Crippen LogP contribution >= 0.6 is 0 Å². The Balaban J connectivity index is 3.04. The van der Waals surface area contributed by atoms with E-state index in [1.807, 2.05) is 32.1 Å². The molecule has 0 saturated carbocycles. The third-order valence-corrected chi connectivity index (χ3v) is 1.66. The molecular formula is C10H12N2. The van der Waals surface area contributed by atoms with Crippen LogP contribution in [0.1, 0.15) is 18.2 Å². The van der Waals surface area contributed by atoms with E-state index in [4.69, 9.17) is 0 Å². The lowest BCUT2D eigenvalue weighted by atomic mass is 10.2. The van der Waals surface area contributed by atoms with Crippen LogP contribution in [0.4, 0.5) is 0 Å².